The number of aromatic nitrogens is 2. The predicted octanol–water partition coefficient (Wildman–Crippen LogP) is 1.15. The Balaban J connectivity index is 1.90. The summed E-state index contributed by atoms with van der Waals surface area (Å²) in [7, 11) is 0. The third-order valence-corrected chi connectivity index (χ3v) is 4.05. The largest absolute Gasteiger partial charge is 0.480 e. The number of aliphatic carboxylic acids is 1. The Kier molecular flexibility index (Phi) is 2.41. The number of fused-ring (bicyclic) bond motifs is 1. The Morgan fingerprint density at radius 3 is 3.24 bits per heavy atom. The quantitative estimate of drug-likeness (QED) is 0.858. The van der Waals surface area contributed by atoms with Crippen LogP contribution in [0.1, 0.15) is 18.5 Å². The molecule has 0 aromatic carbocycles. The first-order valence-corrected chi connectivity index (χ1v) is 6.47. The number of nitrogens with zero attached hydrogens (tertiary/aromatic N) is 2. The Labute approximate surface area is 102 Å². The molecule has 1 aliphatic heterocycles. The summed E-state index contributed by atoms with van der Waals surface area (Å²) in [5.74, 6) is -0.772. The normalized spacial score (nSPS) is 24.5. The fourth-order valence-corrected chi connectivity index (χ4v) is 3.10. The molecule has 1 saturated heterocycles. The first kappa shape index (κ1) is 10.7. The van der Waals surface area contributed by atoms with E-state index in [-0.39, 0.29) is 0 Å². The molecular weight excluding hydrogens is 238 g/mol. The summed E-state index contributed by atoms with van der Waals surface area (Å²) in [6.07, 6.45) is 5.89. The maximum atomic E-state index is 11.4. The highest BCUT2D eigenvalue weighted by molar-refractivity contribution is 7.15. The fraction of sp³-hybridized carbons (Fsp3) is 0.455. The molecule has 17 heavy (non-hydrogen) atoms. The molecule has 0 radical (unpaired) electrons. The van der Waals surface area contributed by atoms with Crippen LogP contribution in [-0.2, 0) is 11.2 Å². The third-order valence-electron chi connectivity index (χ3n) is 3.28. The lowest BCUT2D eigenvalue weighted by atomic mass is 9.92. The first-order valence-electron chi connectivity index (χ1n) is 5.59. The molecule has 0 bridgehead atoms. The molecule has 0 spiro atoms. The summed E-state index contributed by atoms with van der Waals surface area (Å²) in [6.45, 7) is 0.772. The maximum absolute atomic E-state index is 11.4. The second kappa shape index (κ2) is 3.82. The molecule has 1 unspecified atom stereocenters. The molecule has 0 aliphatic carbocycles. The monoisotopic (exact) mass is 251 g/mol. The molecule has 1 atom stereocenters. The summed E-state index contributed by atoms with van der Waals surface area (Å²) in [6, 6.07) is 0. The van der Waals surface area contributed by atoms with Crippen LogP contribution in [0.2, 0.25) is 0 Å². The predicted molar refractivity (Wildman–Crippen MR) is 64.4 cm³/mol. The van der Waals surface area contributed by atoms with E-state index in [1.807, 2.05) is 22.2 Å². The lowest BCUT2D eigenvalue weighted by molar-refractivity contribution is -0.144. The SMILES string of the molecule is O=C(O)C1(Cc2cn3ccsc3n2)CCCN1. The summed E-state index contributed by atoms with van der Waals surface area (Å²) in [5, 5.41) is 14.4. The minimum Gasteiger partial charge on any atom is -0.480 e. The van der Waals surface area contributed by atoms with E-state index in [9.17, 15) is 9.90 Å². The van der Waals surface area contributed by atoms with E-state index in [0.29, 0.717) is 12.8 Å². The van der Waals surface area contributed by atoms with Gasteiger partial charge >= 0.3 is 5.97 Å². The second-order valence-electron chi connectivity index (χ2n) is 4.42. The molecule has 2 aromatic heterocycles. The number of carboxylic acid groups (broad SMARTS) is 1. The van der Waals surface area contributed by atoms with Gasteiger partial charge in [-0.05, 0) is 19.4 Å². The van der Waals surface area contributed by atoms with E-state index in [1.54, 1.807) is 11.3 Å². The van der Waals surface area contributed by atoms with E-state index in [2.05, 4.69) is 10.3 Å². The van der Waals surface area contributed by atoms with Gasteiger partial charge in [0.1, 0.15) is 5.54 Å². The molecular formula is C11H13N3O2S. The van der Waals surface area contributed by atoms with Crippen LogP contribution in [0.15, 0.2) is 17.8 Å². The van der Waals surface area contributed by atoms with Crippen molar-refractivity contribution in [3.05, 3.63) is 23.5 Å². The molecule has 5 nitrogen and oxygen atoms in total. The van der Waals surface area contributed by atoms with Gasteiger partial charge in [0.2, 0.25) is 0 Å². The van der Waals surface area contributed by atoms with Gasteiger partial charge < -0.3 is 10.4 Å². The minimum atomic E-state index is -0.815. The van der Waals surface area contributed by atoms with E-state index in [4.69, 9.17) is 0 Å². The van der Waals surface area contributed by atoms with E-state index < -0.39 is 11.5 Å². The highest BCUT2D eigenvalue weighted by Gasteiger charge is 2.41. The Morgan fingerprint density at radius 2 is 2.59 bits per heavy atom. The lowest BCUT2D eigenvalue weighted by Crippen LogP contribution is -2.49. The molecule has 0 saturated carbocycles. The van der Waals surface area contributed by atoms with Crippen molar-refractivity contribution in [3.63, 3.8) is 0 Å². The summed E-state index contributed by atoms with van der Waals surface area (Å²) in [4.78, 5) is 16.7. The van der Waals surface area contributed by atoms with Gasteiger partial charge in [0.15, 0.2) is 4.96 Å². The van der Waals surface area contributed by atoms with Gasteiger partial charge in [0.05, 0.1) is 5.69 Å². The average molecular weight is 251 g/mol. The summed E-state index contributed by atoms with van der Waals surface area (Å²) >= 11 is 1.56. The summed E-state index contributed by atoms with van der Waals surface area (Å²) < 4.78 is 1.94. The van der Waals surface area contributed by atoms with Crippen LogP contribution in [0.5, 0.6) is 0 Å². The molecule has 0 amide bonds. The number of nitrogens with one attached hydrogen (secondary N) is 1. The Bertz CT molecular complexity index is 525. The van der Waals surface area contributed by atoms with Crippen molar-refractivity contribution in [2.45, 2.75) is 24.8 Å². The first-order chi connectivity index (χ1) is 8.20. The Morgan fingerprint density at radius 1 is 1.71 bits per heavy atom. The van der Waals surface area contributed by atoms with Crippen molar-refractivity contribution in [3.8, 4) is 0 Å². The van der Waals surface area contributed by atoms with Crippen molar-refractivity contribution < 1.29 is 9.90 Å². The number of thiazole rings is 1. The number of rotatable bonds is 3. The zero-order valence-electron chi connectivity index (χ0n) is 9.22. The van der Waals surface area contributed by atoms with Gasteiger partial charge in [-0.15, -0.1) is 11.3 Å². The van der Waals surface area contributed by atoms with Gasteiger partial charge in [-0.1, -0.05) is 0 Å². The molecule has 90 valence electrons. The topological polar surface area (TPSA) is 66.6 Å². The average Bonchev–Trinajstić information content (AvgIpc) is 2.92. The van der Waals surface area contributed by atoms with Crippen molar-refractivity contribution >= 4 is 22.3 Å². The number of carboxylic acids is 1. The van der Waals surface area contributed by atoms with Crippen molar-refractivity contribution in [2.24, 2.45) is 0 Å². The molecule has 2 N–H and O–H groups in total. The molecule has 3 rings (SSSR count). The molecule has 1 aliphatic rings. The van der Waals surface area contributed by atoms with Crippen molar-refractivity contribution in [2.75, 3.05) is 6.54 Å². The second-order valence-corrected chi connectivity index (χ2v) is 5.29. The Hall–Kier alpha value is -1.40. The standard InChI is InChI=1S/C11H13N3O2S/c15-9(16)11(2-1-3-12-11)6-8-7-14-4-5-17-10(14)13-8/h4-5,7,12H,1-3,6H2,(H,15,16). The van der Waals surface area contributed by atoms with Crippen LogP contribution in [0, 0.1) is 0 Å². The molecule has 3 heterocycles. The zero-order valence-corrected chi connectivity index (χ0v) is 10.0. The molecule has 6 heteroatoms. The van der Waals surface area contributed by atoms with Crippen molar-refractivity contribution in [1.29, 1.82) is 0 Å². The van der Waals surface area contributed by atoms with E-state index in [0.717, 1.165) is 23.6 Å². The van der Waals surface area contributed by atoms with Crippen molar-refractivity contribution in [1.82, 2.24) is 14.7 Å². The van der Waals surface area contributed by atoms with E-state index in [1.165, 1.54) is 0 Å². The van der Waals surface area contributed by atoms with Crippen LogP contribution in [0.3, 0.4) is 0 Å². The van der Waals surface area contributed by atoms with Crippen LogP contribution in [0.25, 0.3) is 4.96 Å². The highest BCUT2D eigenvalue weighted by atomic mass is 32.1. The van der Waals surface area contributed by atoms with Gasteiger partial charge in [0, 0.05) is 24.2 Å². The summed E-state index contributed by atoms with van der Waals surface area (Å²) in [5.41, 5.74) is 0.0259. The lowest BCUT2D eigenvalue weighted by Gasteiger charge is -2.23. The molecule has 2 aromatic rings. The maximum Gasteiger partial charge on any atom is 0.324 e. The van der Waals surface area contributed by atoms with Crippen LogP contribution < -0.4 is 5.32 Å². The van der Waals surface area contributed by atoms with Crippen LogP contribution in [-0.4, -0.2) is 32.5 Å². The van der Waals surface area contributed by atoms with Crippen LogP contribution in [0.4, 0.5) is 0 Å². The van der Waals surface area contributed by atoms with Gasteiger partial charge in [-0.2, -0.15) is 0 Å². The van der Waals surface area contributed by atoms with E-state index >= 15 is 0 Å². The van der Waals surface area contributed by atoms with Gasteiger partial charge in [-0.3, -0.25) is 9.20 Å². The number of imidazole rings is 1. The number of carbonyl (C=O) groups is 1. The number of hydrogen-bond acceptors (Lipinski definition) is 4. The zero-order chi connectivity index (χ0) is 11.9. The number of hydrogen-bond donors (Lipinski definition) is 2. The van der Waals surface area contributed by atoms with Gasteiger partial charge in [-0.25, -0.2) is 4.98 Å². The third kappa shape index (κ3) is 1.73. The minimum absolute atomic E-state index is 0.455. The smallest absolute Gasteiger partial charge is 0.324 e. The van der Waals surface area contributed by atoms with Crippen LogP contribution >= 0.6 is 11.3 Å². The highest BCUT2D eigenvalue weighted by Crippen LogP contribution is 2.25. The fourth-order valence-electron chi connectivity index (χ4n) is 2.39. The van der Waals surface area contributed by atoms with Gasteiger partial charge in [0.25, 0.3) is 0 Å². The molecule has 1 fully saturated rings.